The molecule has 0 bridgehead atoms. The smallest absolute Gasteiger partial charge is 0.123 e. The molecule has 5 aromatic carbocycles. The Morgan fingerprint density at radius 1 is 0.417 bits per heavy atom. The fourth-order valence-corrected chi connectivity index (χ4v) is 6.33. The topological polar surface area (TPSA) is 25.8 Å². The second-order valence-electron chi connectivity index (χ2n) is 8.68. The first-order chi connectivity index (χ1) is 17.9. The normalized spacial score (nSPS) is 11.3. The molecule has 0 N–H and O–H groups in total. The molecule has 2 aromatic heterocycles. The second-order valence-corrected chi connectivity index (χ2v) is 10.5. The molecule has 7 aromatic rings. The minimum atomic E-state index is 1.04. The Kier molecular flexibility index (Phi) is 5.20. The molecular formula is C32H20N2S2. The maximum absolute atomic E-state index is 4.59. The zero-order valence-electron chi connectivity index (χ0n) is 19.3. The molecule has 0 unspecified atom stereocenters. The molecule has 170 valence electrons. The molecule has 0 radical (unpaired) electrons. The summed E-state index contributed by atoms with van der Waals surface area (Å²) in [5.41, 5.74) is 7.23. The highest BCUT2D eigenvalue weighted by atomic mass is 32.1. The molecule has 0 aliphatic carbocycles. The number of nitrogens with zero attached hydrogens (tertiary/aromatic N) is 2. The van der Waals surface area contributed by atoms with E-state index in [1.807, 2.05) is 23.2 Å². The number of benzene rings is 5. The zero-order chi connectivity index (χ0) is 23.9. The van der Waals surface area contributed by atoms with E-state index in [9.17, 15) is 0 Å². The second kappa shape index (κ2) is 8.83. The summed E-state index contributed by atoms with van der Waals surface area (Å²) in [6.45, 7) is 0. The minimum Gasteiger partial charge on any atom is -0.245 e. The van der Waals surface area contributed by atoms with Gasteiger partial charge in [0, 0.05) is 34.3 Å². The van der Waals surface area contributed by atoms with Crippen molar-refractivity contribution < 1.29 is 0 Å². The van der Waals surface area contributed by atoms with Gasteiger partial charge >= 0.3 is 0 Å². The van der Waals surface area contributed by atoms with Crippen LogP contribution in [0.3, 0.4) is 0 Å². The summed E-state index contributed by atoms with van der Waals surface area (Å²) in [7, 11) is 0. The van der Waals surface area contributed by atoms with E-state index in [4.69, 9.17) is 0 Å². The van der Waals surface area contributed by atoms with Crippen LogP contribution in [-0.2, 0) is 0 Å². The zero-order valence-corrected chi connectivity index (χ0v) is 20.9. The van der Waals surface area contributed by atoms with Crippen molar-refractivity contribution in [3.05, 3.63) is 120 Å². The summed E-state index contributed by atoms with van der Waals surface area (Å²) in [4.78, 5) is 9.18. The number of fused-ring (bicyclic) bond motifs is 2. The van der Waals surface area contributed by atoms with Gasteiger partial charge in [-0.25, -0.2) is 9.97 Å². The largest absolute Gasteiger partial charge is 0.245 e. The predicted molar refractivity (Wildman–Crippen MR) is 155 cm³/mol. The maximum Gasteiger partial charge on any atom is 0.123 e. The van der Waals surface area contributed by atoms with Crippen molar-refractivity contribution in [2.75, 3.05) is 0 Å². The van der Waals surface area contributed by atoms with Crippen molar-refractivity contribution in [2.45, 2.75) is 0 Å². The monoisotopic (exact) mass is 496 g/mol. The summed E-state index contributed by atoms with van der Waals surface area (Å²) in [6, 6.07) is 35.1. The molecule has 0 amide bonds. The van der Waals surface area contributed by atoms with E-state index in [-0.39, 0.29) is 0 Å². The van der Waals surface area contributed by atoms with E-state index in [2.05, 4.69) is 107 Å². The molecular weight excluding hydrogens is 477 g/mol. The lowest BCUT2D eigenvalue weighted by molar-refractivity contribution is 1.42. The molecule has 0 saturated carbocycles. The van der Waals surface area contributed by atoms with Crippen LogP contribution in [0.4, 0.5) is 0 Å². The van der Waals surface area contributed by atoms with Gasteiger partial charge < -0.3 is 0 Å². The van der Waals surface area contributed by atoms with Gasteiger partial charge in [-0.2, -0.15) is 0 Å². The van der Waals surface area contributed by atoms with E-state index in [0.717, 1.165) is 21.1 Å². The van der Waals surface area contributed by atoms with Crippen LogP contribution in [0.1, 0.15) is 0 Å². The van der Waals surface area contributed by atoms with Crippen molar-refractivity contribution >= 4 is 44.2 Å². The van der Waals surface area contributed by atoms with Crippen molar-refractivity contribution in [3.8, 4) is 43.4 Å². The molecule has 7 rings (SSSR count). The first-order valence-electron chi connectivity index (χ1n) is 11.8. The van der Waals surface area contributed by atoms with Crippen molar-refractivity contribution in [1.29, 1.82) is 0 Å². The summed E-state index contributed by atoms with van der Waals surface area (Å²) in [6.07, 6.45) is 3.75. The quantitative estimate of drug-likeness (QED) is 0.227. The van der Waals surface area contributed by atoms with Crippen LogP contribution >= 0.6 is 22.7 Å². The van der Waals surface area contributed by atoms with E-state index < -0.39 is 0 Å². The van der Waals surface area contributed by atoms with Crippen LogP contribution in [0.2, 0.25) is 0 Å². The van der Waals surface area contributed by atoms with Gasteiger partial charge in [0.1, 0.15) is 10.0 Å². The summed E-state index contributed by atoms with van der Waals surface area (Å²) in [5, 5.41) is 11.1. The molecule has 36 heavy (non-hydrogen) atoms. The molecule has 0 aliphatic heterocycles. The lowest BCUT2D eigenvalue weighted by Crippen LogP contribution is -1.92. The van der Waals surface area contributed by atoms with Gasteiger partial charge in [0.2, 0.25) is 0 Å². The maximum atomic E-state index is 4.59. The average Bonchev–Trinajstić information content (AvgIpc) is 3.67. The summed E-state index contributed by atoms with van der Waals surface area (Å²) >= 11 is 3.35. The number of hydrogen-bond acceptors (Lipinski definition) is 4. The van der Waals surface area contributed by atoms with Crippen molar-refractivity contribution in [2.24, 2.45) is 0 Å². The van der Waals surface area contributed by atoms with Crippen LogP contribution in [-0.4, -0.2) is 9.97 Å². The molecule has 4 heteroatoms. The molecule has 0 atom stereocenters. The van der Waals surface area contributed by atoms with Gasteiger partial charge in [-0.15, -0.1) is 22.7 Å². The third kappa shape index (κ3) is 3.54. The number of thiazole rings is 2. The lowest BCUT2D eigenvalue weighted by Gasteiger charge is -2.19. The third-order valence-corrected chi connectivity index (χ3v) is 8.24. The SMILES string of the molecule is c1ccc(-c2c3ccc(-c4nccs4)cc3c(-c3ccccc3)c3ccc(-c4nccs4)cc23)cc1. The first-order valence-corrected chi connectivity index (χ1v) is 13.6. The highest BCUT2D eigenvalue weighted by molar-refractivity contribution is 7.13. The molecule has 0 saturated heterocycles. The van der Waals surface area contributed by atoms with Crippen LogP contribution in [0, 0.1) is 0 Å². The lowest BCUT2D eigenvalue weighted by atomic mass is 9.85. The third-order valence-electron chi connectivity index (χ3n) is 6.60. The first kappa shape index (κ1) is 21.2. The van der Waals surface area contributed by atoms with E-state index >= 15 is 0 Å². The number of hydrogen-bond donors (Lipinski definition) is 0. The molecule has 2 heterocycles. The Morgan fingerprint density at radius 3 is 1.25 bits per heavy atom. The Hall–Kier alpha value is -4.12. The molecule has 0 spiro atoms. The molecule has 0 fully saturated rings. The van der Waals surface area contributed by atoms with Crippen LogP contribution in [0.25, 0.3) is 64.9 Å². The van der Waals surface area contributed by atoms with Gasteiger partial charge in [0.05, 0.1) is 0 Å². The standard InChI is InChI=1S/C32H20N2S2/c1-3-7-21(8-4-1)29-25-13-11-24(32-34-16-18-36-32)20-28(25)30(22-9-5-2-6-10-22)26-14-12-23(19-27(26)29)31-33-15-17-35-31/h1-20H. The average molecular weight is 497 g/mol. The van der Waals surface area contributed by atoms with E-state index in [1.54, 1.807) is 22.7 Å². The van der Waals surface area contributed by atoms with Crippen LogP contribution in [0.5, 0.6) is 0 Å². The van der Waals surface area contributed by atoms with Crippen molar-refractivity contribution in [1.82, 2.24) is 9.97 Å². The van der Waals surface area contributed by atoms with E-state index in [0.29, 0.717) is 0 Å². The Bertz CT molecular complexity index is 1670. The summed E-state index contributed by atoms with van der Waals surface area (Å²) < 4.78 is 0. The van der Waals surface area contributed by atoms with Gasteiger partial charge in [-0.1, -0.05) is 84.9 Å². The fourth-order valence-electron chi connectivity index (χ4n) is 5.06. The number of rotatable bonds is 4. The van der Waals surface area contributed by atoms with Gasteiger partial charge in [-0.3, -0.25) is 0 Å². The highest BCUT2D eigenvalue weighted by Crippen LogP contribution is 2.45. The molecule has 0 aliphatic rings. The number of aromatic nitrogens is 2. The predicted octanol–water partition coefficient (Wildman–Crippen LogP) is 9.57. The van der Waals surface area contributed by atoms with Crippen LogP contribution in [0.15, 0.2) is 120 Å². The van der Waals surface area contributed by atoms with Gasteiger partial charge in [0.15, 0.2) is 0 Å². The van der Waals surface area contributed by atoms with Crippen molar-refractivity contribution in [3.63, 3.8) is 0 Å². The molecule has 2 nitrogen and oxygen atoms in total. The fraction of sp³-hybridized carbons (Fsp3) is 0. The van der Waals surface area contributed by atoms with Gasteiger partial charge in [0.25, 0.3) is 0 Å². The van der Waals surface area contributed by atoms with Crippen LogP contribution < -0.4 is 0 Å². The van der Waals surface area contributed by atoms with Gasteiger partial charge in [-0.05, 0) is 55.9 Å². The summed E-state index contributed by atoms with van der Waals surface area (Å²) in [5.74, 6) is 0. The minimum absolute atomic E-state index is 1.04. The van der Waals surface area contributed by atoms with E-state index in [1.165, 1.54) is 43.8 Å². The Morgan fingerprint density at radius 2 is 0.861 bits per heavy atom. The Labute approximate surface area is 217 Å². The highest BCUT2D eigenvalue weighted by Gasteiger charge is 2.18. The Balaban J connectivity index is 1.66.